The number of para-hydroxylation sites is 1. The molecule has 0 aliphatic carbocycles. The van der Waals surface area contributed by atoms with Crippen molar-refractivity contribution < 1.29 is 0 Å². The molecular weight excluding hydrogens is 544 g/mol. The molecule has 0 bridgehead atoms. The molecule has 0 spiro atoms. The maximum Gasteiger partial charge on any atom is 0.0540 e. The van der Waals surface area contributed by atoms with E-state index in [1.165, 1.54) is 54.8 Å². The molecule has 214 valence electrons. The Bertz CT molecular complexity index is 2260. The summed E-state index contributed by atoms with van der Waals surface area (Å²) in [7, 11) is 2.16. The molecule has 0 aromatic heterocycles. The van der Waals surface area contributed by atoms with Gasteiger partial charge in [0, 0.05) is 40.6 Å². The number of hydrogen-bond acceptors (Lipinski definition) is 2. The van der Waals surface area contributed by atoms with E-state index in [2.05, 4.69) is 193 Å². The molecule has 0 saturated carbocycles. The maximum absolute atomic E-state index is 2.35. The second-order valence-corrected chi connectivity index (χ2v) is 11.5. The van der Waals surface area contributed by atoms with Crippen molar-refractivity contribution in [1.29, 1.82) is 0 Å². The summed E-state index contributed by atoms with van der Waals surface area (Å²) in [6, 6.07) is 63.2. The fourth-order valence-electron chi connectivity index (χ4n) is 6.54. The van der Waals surface area contributed by atoms with Crippen LogP contribution in [-0.2, 0) is 0 Å². The van der Waals surface area contributed by atoms with Crippen LogP contribution in [0.1, 0.15) is 0 Å². The summed E-state index contributed by atoms with van der Waals surface area (Å²) >= 11 is 0. The summed E-state index contributed by atoms with van der Waals surface area (Å²) in [6.07, 6.45) is 0. The van der Waals surface area contributed by atoms with Gasteiger partial charge in [-0.05, 0) is 81.2 Å². The van der Waals surface area contributed by atoms with Crippen LogP contribution in [0.2, 0.25) is 0 Å². The van der Waals surface area contributed by atoms with Crippen LogP contribution in [0.15, 0.2) is 176 Å². The normalized spacial score (nSPS) is 11.2. The van der Waals surface area contributed by atoms with Crippen LogP contribution in [0.25, 0.3) is 43.4 Å². The Balaban J connectivity index is 1.12. The molecule has 0 fully saturated rings. The first-order valence-electron chi connectivity index (χ1n) is 15.4. The third-order valence-corrected chi connectivity index (χ3v) is 8.84. The first-order chi connectivity index (χ1) is 22.2. The van der Waals surface area contributed by atoms with E-state index in [1.807, 2.05) is 0 Å². The van der Waals surface area contributed by atoms with Crippen molar-refractivity contribution in [1.82, 2.24) is 0 Å². The van der Waals surface area contributed by atoms with Crippen LogP contribution < -0.4 is 9.80 Å². The Morgan fingerprint density at radius 2 is 0.844 bits per heavy atom. The van der Waals surface area contributed by atoms with Gasteiger partial charge in [-0.1, -0.05) is 127 Å². The number of benzene rings is 8. The van der Waals surface area contributed by atoms with Crippen molar-refractivity contribution >= 4 is 60.8 Å². The standard InChI is InChI=1S/C43H32N2/c1-44(43-30-34-13-6-7-17-38(34)40-19-9-10-20-41(40)43)35-26-22-31(23-27-35)32-24-28-37(29-25-32)45(36-15-3-2-4-16-36)42-21-11-14-33-12-5-8-18-39(33)42/h2-30H,1H3. The molecule has 0 amide bonds. The molecule has 8 aromatic rings. The summed E-state index contributed by atoms with van der Waals surface area (Å²) < 4.78 is 0. The van der Waals surface area contributed by atoms with Crippen LogP contribution >= 0.6 is 0 Å². The van der Waals surface area contributed by atoms with Crippen LogP contribution in [0.3, 0.4) is 0 Å². The van der Waals surface area contributed by atoms with Gasteiger partial charge in [0.1, 0.15) is 0 Å². The Kier molecular flexibility index (Phi) is 6.73. The Morgan fingerprint density at radius 1 is 0.333 bits per heavy atom. The second-order valence-electron chi connectivity index (χ2n) is 11.5. The van der Waals surface area contributed by atoms with E-state index in [1.54, 1.807) is 0 Å². The minimum Gasteiger partial charge on any atom is -0.344 e. The van der Waals surface area contributed by atoms with E-state index >= 15 is 0 Å². The van der Waals surface area contributed by atoms with Crippen molar-refractivity contribution in [2.75, 3.05) is 16.8 Å². The molecule has 8 rings (SSSR count). The van der Waals surface area contributed by atoms with Gasteiger partial charge in [-0.25, -0.2) is 0 Å². The Hall–Kier alpha value is -5.86. The third kappa shape index (κ3) is 4.87. The van der Waals surface area contributed by atoms with E-state index in [4.69, 9.17) is 0 Å². The predicted octanol–water partition coefficient (Wildman–Crippen LogP) is 12.1. The molecule has 0 unspecified atom stereocenters. The molecule has 2 heteroatoms. The molecule has 0 atom stereocenters. The summed E-state index contributed by atoms with van der Waals surface area (Å²) in [4.78, 5) is 4.64. The Labute approximate surface area is 264 Å². The SMILES string of the molecule is CN(c1ccc(-c2ccc(N(c3ccccc3)c3cccc4ccccc34)cc2)cc1)c1cc2ccccc2c2ccccc12. The van der Waals surface area contributed by atoms with Crippen molar-refractivity contribution in [2.45, 2.75) is 0 Å². The minimum absolute atomic E-state index is 1.13. The maximum atomic E-state index is 2.35. The number of hydrogen-bond donors (Lipinski definition) is 0. The first kappa shape index (κ1) is 26.7. The molecule has 0 saturated heterocycles. The van der Waals surface area contributed by atoms with Gasteiger partial charge in [0.15, 0.2) is 0 Å². The van der Waals surface area contributed by atoms with E-state index in [0.717, 1.165) is 17.1 Å². The van der Waals surface area contributed by atoms with Crippen LogP contribution in [0, 0.1) is 0 Å². The lowest BCUT2D eigenvalue weighted by molar-refractivity contribution is 1.22. The fourth-order valence-corrected chi connectivity index (χ4v) is 6.54. The summed E-state index contributed by atoms with van der Waals surface area (Å²) in [6.45, 7) is 0. The van der Waals surface area contributed by atoms with E-state index in [9.17, 15) is 0 Å². The van der Waals surface area contributed by atoms with E-state index < -0.39 is 0 Å². The number of nitrogens with zero attached hydrogens (tertiary/aromatic N) is 2. The van der Waals surface area contributed by atoms with Crippen molar-refractivity contribution in [3.8, 4) is 11.1 Å². The van der Waals surface area contributed by atoms with Gasteiger partial charge in [0.05, 0.1) is 5.69 Å². The summed E-state index contributed by atoms with van der Waals surface area (Å²) in [5.41, 5.74) is 8.17. The van der Waals surface area contributed by atoms with Gasteiger partial charge in [-0.3, -0.25) is 0 Å². The fraction of sp³-hybridized carbons (Fsp3) is 0.0233. The Morgan fingerprint density at radius 3 is 1.56 bits per heavy atom. The predicted molar refractivity (Wildman–Crippen MR) is 194 cm³/mol. The largest absolute Gasteiger partial charge is 0.344 e. The highest BCUT2D eigenvalue weighted by atomic mass is 15.1. The zero-order valence-corrected chi connectivity index (χ0v) is 25.1. The van der Waals surface area contributed by atoms with Gasteiger partial charge in [0.2, 0.25) is 0 Å². The van der Waals surface area contributed by atoms with E-state index in [0.29, 0.717) is 0 Å². The highest BCUT2D eigenvalue weighted by molar-refractivity contribution is 6.13. The zero-order valence-electron chi connectivity index (χ0n) is 25.1. The molecule has 8 aromatic carbocycles. The highest BCUT2D eigenvalue weighted by Gasteiger charge is 2.16. The number of rotatable bonds is 6. The molecular formula is C43H32N2. The monoisotopic (exact) mass is 576 g/mol. The lowest BCUT2D eigenvalue weighted by atomic mass is 9.99. The lowest BCUT2D eigenvalue weighted by Gasteiger charge is -2.27. The second kappa shape index (κ2) is 11.3. The number of anilines is 5. The molecule has 2 nitrogen and oxygen atoms in total. The highest BCUT2D eigenvalue weighted by Crippen LogP contribution is 2.40. The molecule has 0 aliphatic rings. The topological polar surface area (TPSA) is 6.48 Å². The quantitative estimate of drug-likeness (QED) is 0.182. The average molecular weight is 577 g/mol. The van der Waals surface area contributed by atoms with Crippen molar-refractivity contribution in [2.24, 2.45) is 0 Å². The molecule has 0 aliphatic heterocycles. The first-order valence-corrected chi connectivity index (χ1v) is 15.4. The van der Waals surface area contributed by atoms with Gasteiger partial charge < -0.3 is 9.80 Å². The van der Waals surface area contributed by atoms with Gasteiger partial charge >= 0.3 is 0 Å². The van der Waals surface area contributed by atoms with Crippen LogP contribution in [-0.4, -0.2) is 7.05 Å². The van der Waals surface area contributed by atoms with Crippen molar-refractivity contribution in [3.63, 3.8) is 0 Å². The number of fused-ring (bicyclic) bond motifs is 4. The summed E-state index contributed by atoms with van der Waals surface area (Å²) in [5, 5.41) is 7.54. The third-order valence-electron chi connectivity index (χ3n) is 8.84. The average Bonchev–Trinajstić information content (AvgIpc) is 3.12. The van der Waals surface area contributed by atoms with Crippen molar-refractivity contribution in [3.05, 3.63) is 176 Å². The smallest absolute Gasteiger partial charge is 0.0540 e. The van der Waals surface area contributed by atoms with Gasteiger partial charge in [0.25, 0.3) is 0 Å². The molecule has 0 radical (unpaired) electrons. The molecule has 45 heavy (non-hydrogen) atoms. The van der Waals surface area contributed by atoms with Gasteiger partial charge in [-0.15, -0.1) is 0 Å². The van der Waals surface area contributed by atoms with Gasteiger partial charge in [-0.2, -0.15) is 0 Å². The molecule has 0 heterocycles. The zero-order chi connectivity index (χ0) is 30.2. The molecule has 0 N–H and O–H groups in total. The van der Waals surface area contributed by atoms with Crippen LogP contribution in [0.4, 0.5) is 28.4 Å². The van der Waals surface area contributed by atoms with E-state index in [-0.39, 0.29) is 0 Å². The lowest BCUT2D eigenvalue weighted by Crippen LogP contribution is -2.10. The minimum atomic E-state index is 1.13. The summed E-state index contributed by atoms with van der Waals surface area (Å²) in [5.74, 6) is 0. The van der Waals surface area contributed by atoms with Crippen LogP contribution in [0.5, 0.6) is 0 Å².